The molecule has 0 aliphatic rings. The number of furan rings is 1. The van der Waals surface area contributed by atoms with Gasteiger partial charge >= 0.3 is 6.16 Å². The van der Waals surface area contributed by atoms with E-state index in [2.05, 4.69) is 0 Å². The lowest BCUT2D eigenvalue weighted by Gasteiger charge is -2.03. The molecule has 0 saturated heterocycles. The number of carboxylic acid groups (broad SMARTS) is 1. The Morgan fingerprint density at radius 1 is 1.31 bits per heavy atom. The van der Waals surface area contributed by atoms with Gasteiger partial charge in [0.1, 0.15) is 17.1 Å². The highest BCUT2D eigenvalue weighted by atomic mass is 16.7. The smallest absolute Gasteiger partial charge is 0.461 e. The standard InChI is InChI=1S/C12H12O4/c1-6-4-5-9(16-12(13)14)10-7(2)8(3)15-11(6)10/h4-5H,1-3H3,(H,13,14). The van der Waals surface area contributed by atoms with Gasteiger partial charge in [-0.15, -0.1) is 0 Å². The van der Waals surface area contributed by atoms with Crippen molar-refractivity contribution in [1.82, 2.24) is 0 Å². The van der Waals surface area contributed by atoms with Crippen LogP contribution in [-0.2, 0) is 0 Å². The third kappa shape index (κ3) is 1.52. The van der Waals surface area contributed by atoms with Gasteiger partial charge in [0.25, 0.3) is 0 Å². The summed E-state index contributed by atoms with van der Waals surface area (Å²) in [6.45, 7) is 5.64. The minimum Gasteiger partial charge on any atom is -0.461 e. The van der Waals surface area contributed by atoms with E-state index < -0.39 is 6.16 Å². The highest BCUT2D eigenvalue weighted by molar-refractivity contribution is 5.91. The summed E-state index contributed by atoms with van der Waals surface area (Å²) in [7, 11) is 0. The van der Waals surface area contributed by atoms with E-state index in [0.29, 0.717) is 11.3 Å². The summed E-state index contributed by atoms with van der Waals surface area (Å²) in [5.74, 6) is 1.10. The minimum atomic E-state index is -1.32. The van der Waals surface area contributed by atoms with Gasteiger partial charge in [0, 0.05) is 5.56 Å². The number of benzene rings is 1. The molecule has 1 aromatic heterocycles. The number of ether oxygens (including phenoxy) is 1. The molecule has 4 nitrogen and oxygen atoms in total. The first kappa shape index (κ1) is 10.5. The quantitative estimate of drug-likeness (QED) is 0.591. The Morgan fingerprint density at radius 3 is 2.62 bits per heavy atom. The highest BCUT2D eigenvalue weighted by Crippen LogP contribution is 2.34. The second-order valence-corrected chi connectivity index (χ2v) is 3.74. The average Bonchev–Trinajstić information content (AvgIpc) is 2.49. The molecule has 0 aliphatic heterocycles. The van der Waals surface area contributed by atoms with Gasteiger partial charge in [0.05, 0.1) is 5.39 Å². The maximum atomic E-state index is 10.6. The molecule has 0 atom stereocenters. The fraction of sp³-hybridized carbons (Fsp3) is 0.250. The van der Waals surface area contributed by atoms with Crippen LogP contribution in [0.2, 0.25) is 0 Å². The van der Waals surface area contributed by atoms with Crippen LogP contribution in [0, 0.1) is 20.8 Å². The molecule has 1 N–H and O–H groups in total. The van der Waals surface area contributed by atoms with E-state index in [1.54, 1.807) is 12.1 Å². The molecule has 1 aromatic carbocycles. The first-order valence-corrected chi connectivity index (χ1v) is 4.90. The van der Waals surface area contributed by atoms with E-state index in [-0.39, 0.29) is 0 Å². The summed E-state index contributed by atoms with van der Waals surface area (Å²) in [4.78, 5) is 10.6. The van der Waals surface area contributed by atoms with Crippen LogP contribution < -0.4 is 4.74 Å². The molecule has 1 heterocycles. The summed E-state index contributed by atoms with van der Waals surface area (Å²) < 4.78 is 10.3. The van der Waals surface area contributed by atoms with Gasteiger partial charge < -0.3 is 14.3 Å². The van der Waals surface area contributed by atoms with Crippen molar-refractivity contribution in [2.75, 3.05) is 0 Å². The van der Waals surface area contributed by atoms with E-state index in [1.807, 2.05) is 20.8 Å². The normalized spacial score (nSPS) is 10.7. The van der Waals surface area contributed by atoms with Crippen molar-refractivity contribution < 1.29 is 19.1 Å². The Bertz CT molecular complexity index is 566. The van der Waals surface area contributed by atoms with Crippen LogP contribution in [-0.4, -0.2) is 11.3 Å². The molecule has 0 amide bonds. The predicted octanol–water partition coefficient (Wildman–Crippen LogP) is 3.41. The number of fused-ring (bicyclic) bond motifs is 1. The third-order valence-electron chi connectivity index (χ3n) is 2.67. The zero-order valence-corrected chi connectivity index (χ0v) is 9.33. The Morgan fingerprint density at radius 2 is 2.00 bits per heavy atom. The highest BCUT2D eigenvalue weighted by Gasteiger charge is 2.15. The van der Waals surface area contributed by atoms with Crippen molar-refractivity contribution in [2.24, 2.45) is 0 Å². The van der Waals surface area contributed by atoms with E-state index in [9.17, 15) is 4.79 Å². The van der Waals surface area contributed by atoms with Crippen molar-refractivity contribution in [3.05, 3.63) is 29.0 Å². The minimum absolute atomic E-state index is 0.322. The van der Waals surface area contributed by atoms with Crippen LogP contribution in [0.5, 0.6) is 5.75 Å². The zero-order valence-electron chi connectivity index (χ0n) is 9.33. The molecule has 0 fully saturated rings. The monoisotopic (exact) mass is 220 g/mol. The van der Waals surface area contributed by atoms with Gasteiger partial charge in [-0.3, -0.25) is 0 Å². The van der Waals surface area contributed by atoms with Gasteiger partial charge in [0.2, 0.25) is 0 Å². The second-order valence-electron chi connectivity index (χ2n) is 3.74. The van der Waals surface area contributed by atoms with E-state index in [0.717, 1.165) is 22.3 Å². The molecule has 0 radical (unpaired) electrons. The van der Waals surface area contributed by atoms with Crippen LogP contribution in [0.15, 0.2) is 16.5 Å². The molecule has 0 spiro atoms. The van der Waals surface area contributed by atoms with Gasteiger partial charge in [0.15, 0.2) is 0 Å². The topological polar surface area (TPSA) is 59.7 Å². The Balaban J connectivity index is 2.75. The molecule has 4 heteroatoms. The van der Waals surface area contributed by atoms with Gasteiger partial charge in [-0.1, -0.05) is 6.07 Å². The predicted molar refractivity (Wildman–Crippen MR) is 59.1 cm³/mol. The molecule has 2 rings (SSSR count). The molecular formula is C12H12O4. The molecule has 84 valence electrons. The number of hydrogen-bond acceptors (Lipinski definition) is 3. The van der Waals surface area contributed by atoms with Gasteiger partial charge in [-0.25, -0.2) is 4.79 Å². The molecule has 0 aliphatic carbocycles. The SMILES string of the molecule is Cc1oc2c(C)ccc(OC(=O)O)c2c1C. The summed E-state index contributed by atoms with van der Waals surface area (Å²) in [6.07, 6.45) is -1.32. The Hall–Kier alpha value is -1.97. The van der Waals surface area contributed by atoms with Crippen molar-refractivity contribution >= 4 is 17.1 Å². The lowest BCUT2D eigenvalue weighted by Crippen LogP contribution is -2.03. The van der Waals surface area contributed by atoms with Crippen LogP contribution in [0.3, 0.4) is 0 Å². The molecule has 0 saturated carbocycles. The van der Waals surface area contributed by atoms with Crippen molar-refractivity contribution in [2.45, 2.75) is 20.8 Å². The second kappa shape index (κ2) is 3.56. The maximum Gasteiger partial charge on any atom is 0.511 e. The van der Waals surface area contributed by atoms with Crippen molar-refractivity contribution in [3.63, 3.8) is 0 Å². The number of hydrogen-bond donors (Lipinski definition) is 1. The Kier molecular flexibility index (Phi) is 2.34. The van der Waals surface area contributed by atoms with Crippen LogP contribution >= 0.6 is 0 Å². The molecule has 0 unspecified atom stereocenters. The van der Waals surface area contributed by atoms with E-state index in [4.69, 9.17) is 14.3 Å². The number of carbonyl (C=O) groups is 1. The van der Waals surface area contributed by atoms with Gasteiger partial charge in [-0.05, 0) is 32.4 Å². The van der Waals surface area contributed by atoms with E-state index in [1.165, 1.54) is 0 Å². The van der Waals surface area contributed by atoms with Crippen LogP contribution in [0.4, 0.5) is 4.79 Å². The van der Waals surface area contributed by atoms with Crippen LogP contribution in [0.1, 0.15) is 16.9 Å². The summed E-state index contributed by atoms with van der Waals surface area (Å²) >= 11 is 0. The maximum absolute atomic E-state index is 10.6. The van der Waals surface area contributed by atoms with Gasteiger partial charge in [-0.2, -0.15) is 0 Å². The fourth-order valence-corrected chi connectivity index (χ4v) is 1.74. The zero-order chi connectivity index (χ0) is 11.9. The average molecular weight is 220 g/mol. The largest absolute Gasteiger partial charge is 0.511 e. The Labute approximate surface area is 92.4 Å². The molecule has 0 bridgehead atoms. The molecule has 16 heavy (non-hydrogen) atoms. The lowest BCUT2D eigenvalue weighted by molar-refractivity contribution is 0.145. The lowest BCUT2D eigenvalue weighted by atomic mass is 10.1. The van der Waals surface area contributed by atoms with Crippen molar-refractivity contribution in [3.8, 4) is 5.75 Å². The number of aryl methyl sites for hydroxylation is 3. The first-order valence-electron chi connectivity index (χ1n) is 4.90. The first-order chi connectivity index (χ1) is 7.50. The number of rotatable bonds is 1. The summed E-state index contributed by atoms with van der Waals surface area (Å²) in [5, 5.41) is 9.38. The van der Waals surface area contributed by atoms with E-state index >= 15 is 0 Å². The summed E-state index contributed by atoms with van der Waals surface area (Å²) in [6, 6.07) is 3.43. The molecule has 2 aromatic rings. The van der Waals surface area contributed by atoms with Crippen molar-refractivity contribution in [1.29, 1.82) is 0 Å². The third-order valence-corrected chi connectivity index (χ3v) is 2.67. The molecular weight excluding hydrogens is 208 g/mol. The summed E-state index contributed by atoms with van der Waals surface area (Å²) in [5.41, 5.74) is 2.56. The van der Waals surface area contributed by atoms with Crippen LogP contribution in [0.25, 0.3) is 11.0 Å². The fourth-order valence-electron chi connectivity index (χ4n) is 1.74.